The van der Waals surface area contributed by atoms with Gasteiger partial charge in [-0.1, -0.05) is 24.3 Å². The minimum Gasteiger partial charge on any atom is -0.350 e. The Balaban J connectivity index is 1.75. The monoisotopic (exact) mass is 441 g/mol. The van der Waals surface area contributed by atoms with Crippen LogP contribution in [0, 0.1) is 5.82 Å². The molecule has 0 spiro atoms. The third kappa shape index (κ3) is 4.22. The van der Waals surface area contributed by atoms with Crippen molar-refractivity contribution < 1.29 is 27.2 Å². The summed E-state index contributed by atoms with van der Waals surface area (Å²) < 4.78 is 52.7. The highest BCUT2D eigenvalue weighted by atomic mass is 19.4. The van der Waals surface area contributed by atoms with Gasteiger partial charge in [0.25, 0.3) is 11.8 Å². The van der Waals surface area contributed by atoms with E-state index >= 15 is 0 Å². The van der Waals surface area contributed by atoms with Crippen LogP contribution >= 0.6 is 0 Å². The number of hydrogen-bond acceptors (Lipinski definition) is 4. The molecule has 1 aromatic heterocycles. The maximum absolute atomic E-state index is 13.4. The molecule has 0 aliphatic carbocycles. The van der Waals surface area contributed by atoms with Gasteiger partial charge in [0, 0.05) is 18.1 Å². The second-order valence-electron chi connectivity index (χ2n) is 7.02. The number of alkyl halides is 3. The largest absolute Gasteiger partial charge is 0.416 e. The highest BCUT2D eigenvalue weighted by molar-refractivity contribution is 6.36. The van der Waals surface area contributed by atoms with Gasteiger partial charge in [0.2, 0.25) is 0 Å². The third-order valence-electron chi connectivity index (χ3n) is 4.82. The van der Waals surface area contributed by atoms with Gasteiger partial charge in [-0.25, -0.2) is 4.39 Å². The number of nitrogens with zero attached hydrogens (tertiary/aromatic N) is 2. The van der Waals surface area contributed by atoms with Gasteiger partial charge in [-0.3, -0.25) is 19.5 Å². The number of imide groups is 1. The molecule has 0 unspecified atom stereocenters. The summed E-state index contributed by atoms with van der Waals surface area (Å²) in [5.41, 5.74) is -0.323. The Morgan fingerprint density at radius 3 is 2.34 bits per heavy atom. The van der Waals surface area contributed by atoms with Crippen LogP contribution < -0.4 is 5.32 Å². The van der Waals surface area contributed by atoms with Crippen molar-refractivity contribution in [1.29, 1.82) is 0 Å². The highest BCUT2D eigenvalue weighted by Crippen LogP contribution is 2.34. The SMILES string of the molecule is O=C1C(Nc2cccc(C(F)(F)F)c2)=C(c2ccc(F)cc2)C(=O)N1Cc1cccnc1. The van der Waals surface area contributed by atoms with E-state index in [0.29, 0.717) is 5.56 Å². The van der Waals surface area contributed by atoms with Crippen molar-refractivity contribution in [2.75, 3.05) is 5.32 Å². The molecule has 9 heteroatoms. The van der Waals surface area contributed by atoms with Gasteiger partial charge in [0.05, 0.1) is 17.7 Å². The molecule has 1 aliphatic rings. The van der Waals surface area contributed by atoms with Gasteiger partial charge in [-0.2, -0.15) is 13.2 Å². The number of benzene rings is 2. The van der Waals surface area contributed by atoms with Crippen molar-refractivity contribution in [3.8, 4) is 0 Å². The van der Waals surface area contributed by atoms with Crippen molar-refractivity contribution in [2.45, 2.75) is 12.7 Å². The second-order valence-corrected chi connectivity index (χ2v) is 7.02. The molecule has 162 valence electrons. The van der Waals surface area contributed by atoms with E-state index in [1.54, 1.807) is 18.3 Å². The van der Waals surface area contributed by atoms with E-state index in [4.69, 9.17) is 0 Å². The smallest absolute Gasteiger partial charge is 0.350 e. The van der Waals surface area contributed by atoms with E-state index in [0.717, 1.165) is 29.2 Å². The molecule has 0 saturated carbocycles. The van der Waals surface area contributed by atoms with E-state index < -0.39 is 29.4 Å². The van der Waals surface area contributed by atoms with E-state index in [-0.39, 0.29) is 29.1 Å². The molecule has 5 nitrogen and oxygen atoms in total. The molecule has 0 fully saturated rings. The Labute approximate surface area is 180 Å². The number of pyridine rings is 1. The number of rotatable bonds is 5. The molecule has 0 atom stereocenters. The van der Waals surface area contributed by atoms with Crippen LogP contribution in [0.1, 0.15) is 16.7 Å². The molecule has 2 amide bonds. The molecule has 4 rings (SSSR count). The van der Waals surface area contributed by atoms with E-state index in [1.807, 2.05) is 0 Å². The van der Waals surface area contributed by atoms with Crippen molar-refractivity contribution in [3.05, 3.63) is 101 Å². The first kappa shape index (κ1) is 21.2. The molecule has 2 aromatic carbocycles. The lowest BCUT2D eigenvalue weighted by atomic mass is 10.0. The van der Waals surface area contributed by atoms with Crippen LogP contribution in [-0.4, -0.2) is 21.7 Å². The first-order chi connectivity index (χ1) is 15.2. The first-order valence-electron chi connectivity index (χ1n) is 9.43. The van der Waals surface area contributed by atoms with Gasteiger partial charge in [-0.15, -0.1) is 0 Å². The van der Waals surface area contributed by atoms with Crippen LogP contribution in [0.15, 0.2) is 78.8 Å². The normalized spacial score (nSPS) is 14.3. The van der Waals surface area contributed by atoms with Crippen LogP contribution in [0.5, 0.6) is 0 Å². The number of halogens is 4. The fraction of sp³-hybridized carbons (Fsp3) is 0.0870. The maximum atomic E-state index is 13.4. The topological polar surface area (TPSA) is 62.3 Å². The predicted molar refractivity (Wildman–Crippen MR) is 108 cm³/mol. The van der Waals surface area contributed by atoms with Crippen molar-refractivity contribution >= 4 is 23.1 Å². The minimum atomic E-state index is -4.58. The maximum Gasteiger partial charge on any atom is 0.416 e. The highest BCUT2D eigenvalue weighted by Gasteiger charge is 2.39. The van der Waals surface area contributed by atoms with Crippen LogP contribution in [0.25, 0.3) is 5.57 Å². The number of anilines is 1. The number of amides is 2. The molecule has 3 aromatic rings. The summed E-state index contributed by atoms with van der Waals surface area (Å²) in [5, 5.41) is 2.67. The molecule has 0 radical (unpaired) electrons. The second kappa shape index (κ2) is 8.26. The first-order valence-corrected chi connectivity index (χ1v) is 9.43. The molecule has 0 saturated heterocycles. The zero-order valence-electron chi connectivity index (χ0n) is 16.4. The Kier molecular flexibility index (Phi) is 5.48. The number of nitrogens with one attached hydrogen (secondary N) is 1. The quantitative estimate of drug-likeness (QED) is 0.463. The number of aromatic nitrogens is 1. The molecular formula is C23H15F4N3O2. The molecule has 2 heterocycles. The molecule has 1 aliphatic heterocycles. The van der Waals surface area contributed by atoms with Crippen LogP contribution in [0.4, 0.5) is 23.2 Å². The van der Waals surface area contributed by atoms with Gasteiger partial charge < -0.3 is 5.32 Å². The van der Waals surface area contributed by atoms with Crippen molar-refractivity contribution in [1.82, 2.24) is 9.88 Å². The van der Waals surface area contributed by atoms with Gasteiger partial charge in [0.1, 0.15) is 11.5 Å². The van der Waals surface area contributed by atoms with Gasteiger partial charge in [-0.05, 0) is 47.5 Å². The lowest BCUT2D eigenvalue weighted by Crippen LogP contribution is -2.32. The summed E-state index contributed by atoms with van der Waals surface area (Å²) in [7, 11) is 0. The molecule has 1 N–H and O–H groups in total. The van der Waals surface area contributed by atoms with Crippen LogP contribution in [0.3, 0.4) is 0 Å². The van der Waals surface area contributed by atoms with Crippen LogP contribution in [0.2, 0.25) is 0 Å². The average Bonchev–Trinajstić information content (AvgIpc) is 2.99. The fourth-order valence-corrected chi connectivity index (χ4v) is 3.31. The zero-order chi connectivity index (χ0) is 22.9. The third-order valence-corrected chi connectivity index (χ3v) is 4.82. The van der Waals surface area contributed by atoms with E-state index in [2.05, 4.69) is 10.3 Å². The average molecular weight is 441 g/mol. The van der Waals surface area contributed by atoms with Crippen LogP contribution in [-0.2, 0) is 22.3 Å². The molecular weight excluding hydrogens is 426 g/mol. The summed E-state index contributed by atoms with van der Waals surface area (Å²) in [5.74, 6) is -1.90. The summed E-state index contributed by atoms with van der Waals surface area (Å²) >= 11 is 0. The number of hydrogen-bond donors (Lipinski definition) is 1. The lowest BCUT2D eigenvalue weighted by Gasteiger charge is -2.15. The van der Waals surface area contributed by atoms with Gasteiger partial charge >= 0.3 is 6.18 Å². The Morgan fingerprint density at radius 1 is 0.938 bits per heavy atom. The standard InChI is InChI=1S/C23H15F4N3O2/c24-17-8-6-15(7-9-17)19-20(29-18-5-1-4-16(11-18)23(25,26)27)22(32)30(21(19)31)13-14-3-2-10-28-12-14/h1-12,29H,13H2. The number of carbonyl (C=O) groups is 2. The summed E-state index contributed by atoms with van der Waals surface area (Å²) in [6.07, 6.45) is -1.54. The molecule has 0 bridgehead atoms. The van der Waals surface area contributed by atoms with E-state index in [1.165, 1.54) is 30.5 Å². The van der Waals surface area contributed by atoms with Crippen molar-refractivity contribution in [3.63, 3.8) is 0 Å². The van der Waals surface area contributed by atoms with Crippen molar-refractivity contribution in [2.24, 2.45) is 0 Å². The zero-order valence-corrected chi connectivity index (χ0v) is 16.4. The summed E-state index contributed by atoms with van der Waals surface area (Å²) in [6, 6.07) is 12.5. The van der Waals surface area contributed by atoms with Gasteiger partial charge in [0.15, 0.2) is 0 Å². The molecule has 32 heavy (non-hydrogen) atoms. The lowest BCUT2D eigenvalue weighted by molar-refractivity contribution is -0.138. The summed E-state index contributed by atoms with van der Waals surface area (Å²) in [6.45, 7) is -0.0794. The predicted octanol–water partition coefficient (Wildman–Crippen LogP) is 4.63. The number of carbonyl (C=O) groups excluding carboxylic acids is 2. The van der Waals surface area contributed by atoms with E-state index in [9.17, 15) is 27.2 Å². The summed E-state index contributed by atoms with van der Waals surface area (Å²) in [4.78, 5) is 31.2. The fourth-order valence-electron chi connectivity index (χ4n) is 3.31. The Hall–Kier alpha value is -4.01. The Bertz CT molecular complexity index is 1210. The Morgan fingerprint density at radius 2 is 1.69 bits per heavy atom. The minimum absolute atomic E-state index is 0.0150.